The lowest BCUT2D eigenvalue weighted by molar-refractivity contribution is 0.0949. The number of carbonyl (C=O) groups excluding carboxylic acids is 1. The predicted molar refractivity (Wildman–Crippen MR) is 73.9 cm³/mol. The van der Waals surface area contributed by atoms with Crippen molar-refractivity contribution in [2.24, 2.45) is 0 Å². The van der Waals surface area contributed by atoms with Gasteiger partial charge in [0, 0.05) is 10.7 Å². The molecule has 2 aromatic rings. The molecule has 6 heteroatoms. The van der Waals surface area contributed by atoms with Crippen molar-refractivity contribution in [3.63, 3.8) is 0 Å². The normalized spacial score (nSPS) is 10.2. The first-order valence-electron chi connectivity index (χ1n) is 5.50. The summed E-state index contributed by atoms with van der Waals surface area (Å²) in [5, 5.41) is 2.69. The highest BCUT2D eigenvalue weighted by Crippen LogP contribution is 2.22. The highest BCUT2D eigenvalue weighted by Gasteiger charge is 2.13. The van der Waals surface area contributed by atoms with Crippen LogP contribution in [0.4, 0.5) is 10.1 Å². The standard InChI is InChI=1S/C13H11BrFN3O/c14-10-6-11(15)12(16)5-9(10)13(19)18-7-8-3-1-2-4-17-8/h1-6H,7,16H2,(H,18,19). The number of aromatic nitrogens is 1. The summed E-state index contributed by atoms with van der Waals surface area (Å²) in [5.41, 5.74) is 6.41. The second kappa shape index (κ2) is 5.79. The molecule has 0 spiro atoms. The maximum atomic E-state index is 13.2. The third-order valence-corrected chi connectivity index (χ3v) is 3.14. The maximum Gasteiger partial charge on any atom is 0.252 e. The van der Waals surface area contributed by atoms with Gasteiger partial charge in [-0.05, 0) is 40.2 Å². The van der Waals surface area contributed by atoms with Gasteiger partial charge in [0.05, 0.1) is 23.5 Å². The Hall–Kier alpha value is -1.95. The van der Waals surface area contributed by atoms with Gasteiger partial charge in [-0.1, -0.05) is 6.07 Å². The van der Waals surface area contributed by atoms with Crippen LogP contribution in [0.3, 0.4) is 0 Å². The Morgan fingerprint density at radius 2 is 2.21 bits per heavy atom. The number of pyridine rings is 1. The van der Waals surface area contributed by atoms with Crippen molar-refractivity contribution in [1.29, 1.82) is 0 Å². The van der Waals surface area contributed by atoms with Crippen molar-refractivity contribution in [2.45, 2.75) is 6.54 Å². The molecule has 0 fully saturated rings. The van der Waals surface area contributed by atoms with Crippen molar-refractivity contribution < 1.29 is 9.18 Å². The van der Waals surface area contributed by atoms with Gasteiger partial charge in [0.15, 0.2) is 0 Å². The molecule has 1 aromatic carbocycles. The van der Waals surface area contributed by atoms with E-state index in [1.807, 2.05) is 6.07 Å². The molecule has 0 saturated heterocycles. The average Bonchev–Trinajstić information content (AvgIpc) is 2.41. The van der Waals surface area contributed by atoms with Gasteiger partial charge in [-0.3, -0.25) is 9.78 Å². The Balaban J connectivity index is 2.10. The molecule has 1 aromatic heterocycles. The minimum absolute atomic E-state index is 0.0637. The minimum Gasteiger partial charge on any atom is -0.396 e. The van der Waals surface area contributed by atoms with Crippen molar-refractivity contribution >= 4 is 27.5 Å². The Kier molecular flexibility index (Phi) is 4.11. The molecule has 4 nitrogen and oxygen atoms in total. The van der Waals surface area contributed by atoms with Crippen LogP contribution in [0.1, 0.15) is 16.1 Å². The molecule has 19 heavy (non-hydrogen) atoms. The van der Waals surface area contributed by atoms with E-state index in [4.69, 9.17) is 5.73 Å². The molecule has 0 radical (unpaired) electrons. The van der Waals surface area contributed by atoms with Gasteiger partial charge < -0.3 is 11.1 Å². The molecule has 0 aliphatic rings. The number of benzene rings is 1. The topological polar surface area (TPSA) is 68.0 Å². The summed E-state index contributed by atoms with van der Waals surface area (Å²) in [6, 6.07) is 7.90. The third kappa shape index (κ3) is 3.29. The largest absolute Gasteiger partial charge is 0.396 e. The molecule has 0 saturated carbocycles. The molecule has 2 rings (SSSR count). The smallest absolute Gasteiger partial charge is 0.252 e. The van der Waals surface area contributed by atoms with Crippen molar-refractivity contribution in [3.8, 4) is 0 Å². The first kappa shape index (κ1) is 13.5. The number of anilines is 1. The fraction of sp³-hybridized carbons (Fsp3) is 0.0769. The fourth-order valence-corrected chi connectivity index (χ4v) is 2.00. The Morgan fingerprint density at radius 3 is 2.89 bits per heavy atom. The summed E-state index contributed by atoms with van der Waals surface area (Å²) in [5.74, 6) is -0.905. The van der Waals surface area contributed by atoms with Gasteiger partial charge in [-0.15, -0.1) is 0 Å². The van der Waals surface area contributed by atoms with E-state index in [-0.39, 0.29) is 17.2 Å². The number of nitrogen functional groups attached to an aromatic ring is 1. The lowest BCUT2D eigenvalue weighted by Crippen LogP contribution is -2.24. The second-order valence-corrected chi connectivity index (χ2v) is 4.71. The molecule has 0 aliphatic heterocycles. The second-order valence-electron chi connectivity index (χ2n) is 3.86. The van der Waals surface area contributed by atoms with Crippen LogP contribution in [0, 0.1) is 5.82 Å². The number of nitrogens with two attached hydrogens (primary N) is 1. The SMILES string of the molecule is Nc1cc(C(=O)NCc2ccccn2)c(Br)cc1F. The van der Waals surface area contributed by atoms with Gasteiger partial charge in [-0.25, -0.2) is 4.39 Å². The van der Waals surface area contributed by atoms with Crippen LogP contribution in [0.2, 0.25) is 0 Å². The fourth-order valence-electron chi connectivity index (χ4n) is 1.51. The number of amides is 1. The van der Waals surface area contributed by atoms with Gasteiger partial charge in [0.1, 0.15) is 5.82 Å². The predicted octanol–water partition coefficient (Wildman–Crippen LogP) is 2.50. The maximum absolute atomic E-state index is 13.2. The molecule has 98 valence electrons. The highest BCUT2D eigenvalue weighted by molar-refractivity contribution is 9.10. The van der Waals surface area contributed by atoms with Crippen LogP contribution in [-0.2, 0) is 6.54 Å². The van der Waals surface area contributed by atoms with E-state index in [2.05, 4.69) is 26.2 Å². The number of hydrogen-bond acceptors (Lipinski definition) is 3. The van der Waals surface area contributed by atoms with E-state index in [1.165, 1.54) is 12.1 Å². The lowest BCUT2D eigenvalue weighted by Gasteiger charge is -2.08. The zero-order valence-corrected chi connectivity index (χ0v) is 11.4. The third-order valence-electron chi connectivity index (χ3n) is 2.49. The van der Waals surface area contributed by atoms with E-state index < -0.39 is 5.82 Å². The first-order valence-corrected chi connectivity index (χ1v) is 6.30. The van der Waals surface area contributed by atoms with Crippen LogP contribution in [-0.4, -0.2) is 10.9 Å². The minimum atomic E-state index is -0.562. The Morgan fingerprint density at radius 1 is 1.42 bits per heavy atom. The van der Waals surface area contributed by atoms with E-state index in [0.717, 1.165) is 5.69 Å². The number of rotatable bonds is 3. The van der Waals surface area contributed by atoms with Gasteiger partial charge in [0.2, 0.25) is 0 Å². The molecule has 0 atom stereocenters. The summed E-state index contributed by atoms with van der Waals surface area (Å²) >= 11 is 3.14. The summed E-state index contributed by atoms with van der Waals surface area (Å²) in [6.45, 7) is 0.295. The van der Waals surface area contributed by atoms with Crippen LogP contribution in [0.5, 0.6) is 0 Å². The number of hydrogen-bond donors (Lipinski definition) is 2. The quantitative estimate of drug-likeness (QED) is 0.853. The molecule has 1 amide bonds. The molecule has 1 heterocycles. The lowest BCUT2D eigenvalue weighted by atomic mass is 10.2. The molecule has 0 aliphatic carbocycles. The van der Waals surface area contributed by atoms with E-state index >= 15 is 0 Å². The van der Waals surface area contributed by atoms with E-state index in [1.54, 1.807) is 18.3 Å². The van der Waals surface area contributed by atoms with Crippen LogP contribution < -0.4 is 11.1 Å². The first-order chi connectivity index (χ1) is 9.08. The molecular weight excluding hydrogens is 313 g/mol. The number of nitrogens with zero attached hydrogens (tertiary/aromatic N) is 1. The molecule has 0 bridgehead atoms. The highest BCUT2D eigenvalue weighted by atomic mass is 79.9. The molecular formula is C13H11BrFN3O. The zero-order chi connectivity index (χ0) is 13.8. The van der Waals surface area contributed by atoms with Crippen molar-refractivity contribution in [2.75, 3.05) is 5.73 Å². The average molecular weight is 324 g/mol. The number of nitrogens with one attached hydrogen (secondary N) is 1. The van der Waals surface area contributed by atoms with Crippen LogP contribution >= 0.6 is 15.9 Å². The van der Waals surface area contributed by atoms with Crippen LogP contribution in [0.25, 0.3) is 0 Å². The van der Waals surface area contributed by atoms with Gasteiger partial charge in [0.25, 0.3) is 5.91 Å². The Bertz CT molecular complexity index is 604. The number of carbonyl (C=O) groups is 1. The van der Waals surface area contributed by atoms with Crippen molar-refractivity contribution in [1.82, 2.24) is 10.3 Å². The monoisotopic (exact) mass is 323 g/mol. The summed E-state index contributed by atoms with van der Waals surface area (Å²) in [4.78, 5) is 16.0. The molecule has 3 N–H and O–H groups in total. The van der Waals surface area contributed by atoms with Gasteiger partial charge >= 0.3 is 0 Å². The van der Waals surface area contributed by atoms with Crippen LogP contribution in [0.15, 0.2) is 41.0 Å². The molecule has 0 unspecified atom stereocenters. The Labute approximate surface area is 118 Å². The van der Waals surface area contributed by atoms with E-state index in [9.17, 15) is 9.18 Å². The van der Waals surface area contributed by atoms with Crippen molar-refractivity contribution in [3.05, 3.63) is 58.1 Å². The van der Waals surface area contributed by atoms with E-state index in [0.29, 0.717) is 11.0 Å². The summed E-state index contributed by atoms with van der Waals surface area (Å²) < 4.78 is 13.5. The summed E-state index contributed by atoms with van der Waals surface area (Å²) in [7, 11) is 0. The summed E-state index contributed by atoms with van der Waals surface area (Å²) in [6.07, 6.45) is 1.65. The van der Waals surface area contributed by atoms with Gasteiger partial charge in [-0.2, -0.15) is 0 Å². The number of halogens is 2. The zero-order valence-electron chi connectivity index (χ0n) is 9.86.